The zero-order chi connectivity index (χ0) is 20.9. The van der Waals surface area contributed by atoms with Gasteiger partial charge in [-0.3, -0.25) is 14.6 Å². The maximum absolute atomic E-state index is 12.4. The Morgan fingerprint density at radius 2 is 1.86 bits per heavy atom. The largest absolute Gasteiger partial charge is 0.490 e. The van der Waals surface area contributed by atoms with Crippen LogP contribution in [0, 0.1) is 0 Å². The van der Waals surface area contributed by atoms with Crippen LogP contribution in [0.3, 0.4) is 0 Å². The normalized spacial score (nSPS) is 18.6. The fourth-order valence-corrected chi connectivity index (χ4v) is 3.70. The molecule has 1 aromatic heterocycles. The monoisotopic (exact) mass is 401 g/mol. The Bertz CT molecular complexity index is 717. The number of nitrogens with zero attached hydrogens (tertiary/aromatic N) is 3. The van der Waals surface area contributed by atoms with Gasteiger partial charge in [0.15, 0.2) is 0 Å². The molecule has 3 rings (SSSR count). The predicted octanol–water partition coefficient (Wildman–Crippen LogP) is 2.33. The minimum Gasteiger partial charge on any atom is -0.475 e. The summed E-state index contributed by atoms with van der Waals surface area (Å²) in [6.07, 6.45) is 1.57. The molecule has 3 heterocycles. The van der Waals surface area contributed by atoms with Crippen molar-refractivity contribution >= 4 is 17.8 Å². The minimum absolute atomic E-state index is 0.00243. The van der Waals surface area contributed by atoms with E-state index < -0.39 is 12.1 Å². The number of rotatable bonds is 2. The summed E-state index contributed by atoms with van der Waals surface area (Å²) in [7, 11) is 0. The van der Waals surface area contributed by atoms with Crippen LogP contribution in [0.5, 0.6) is 0 Å². The van der Waals surface area contributed by atoms with Gasteiger partial charge in [-0.15, -0.1) is 0 Å². The van der Waals surface area contributed by atoms with E-state index in [2.05, 4.69) is 4.98 Å². The van der Waals surface area contributed by atoms with Crippen LogP contribution in [0.15, 0.2) is 24.5 Å². The Morgan fingerprint density at radius 3 is 2.32 bits per heavy atom. The van der Waals surface area contributed by atoms with Gasteiger partial charge in [-0.1, -0.05) is 0 Å². The summed E-state index contributed by atoms with van der Waals surface area (Å²) in [4.78, 5) is 41.2. The zero-order valence-corrected chi connectivity index (χ0v) is 15.4. The van der Waals surface area contributed by atoms with Crippen LogP contribution in [-0.2, 0) is 9.59 Å². The van der Waals surface area contributed by atoms with Crippen molar-refractivity contribution in [1.82, 2.24) is 14.8 Å². The number of likely N-dealkylation sites (tertiary alicyclic amines) is 2. The van der Waals surface area contributed by atoms with E-state index in [0.29, 0.717) is 12.0 Å². The number of alkyl halides is 3. The van der Waals surface area contributed by atoms with E-state index in [1.54, 1.807) is 24.5 Å². The van der Waals surface area contributed by atoms with Crippen LogP contribution in [0.1, 0.15) is 43.0 Å². The topological polar surface area (TPSA) is 90.8 Å². The van der Waals surface area contributed by atoms with Crippen LogP contribution < -0.4 is 0 Å². The second-order valence-electron chi connectivity index (χ2n) is 6.70. The Hall–Kier alpha value is -2.65. The van der Waals surface area contributed by atoms with Gasteiger partial charge in [-0.05, 0) is 38.3 Å². The number of aliphatic carboxylic acids is 1. The summed E-state index contributed by atoms with van der Waals surface area (Å²) in [6, 6.07) is 3.59. The van der Waals surface area contributed by atoms with Gasteiger partial charge in [0, 0.05) is 44.0 Å². The predicted molar refractivity (Wildman–Crippen MR) is 92.4 cm³/mol. The van der Waals surface area contributed by atoms with Gasteiger partial charge in [0.25, 0.3) is 5.91 Å². The fraction of sp³-hybridized carbons (Fsp3) is 0.556. The number of carboxylic acid groups (broad SMARTS) is 1. The van der Waals surface area contributed by atoms with Gasteiger partial charge < -0.3 is 14.9 Å². The second-order valence-corrected chi connectivity index (χ2v) is 6.70. The van der Waals surface area contributed by atoms with Crippen LogP contribution >= 0.6 is 0 Å². The van der Waals surface area contributed by atoms with E-state index in [0.717, 1.165) is 38.9 Å². The molecule has 0 unspecified atom stereocenters. The smallest absolute Gasteiger partial charge is 0.475 e. The number of amides is 2. The highest BCUT2D eigenvalue weighted by atomic mass is 19.4. The number of carboxylic acids is 1. The fourth-order valence-electron chi connectivity index (χ4n) is 3.70. The van der Waals surface area contributed by atoms with E-state index in [-0.39, 0.29) is 17.4 Å². The Labute approximate surface area is 160 Å². The second kappa shape index (κ2) is 8.57. The number of carbonyl (C=O) groups excluding carboxylic acids is 2. The van der Waals surface area contributed by atoms with Gasteiger partial charge in [-0.25, -0.2) is 4.79 Å². The first-order valence-corrected chi connectivity index (χ1v) is 8.90. The Morgan fingerprint density at radius 1 is 1.25 bits per heavy atom. The minimum atomic E-state index is -5.08. The van der Waals surface area contributed by atoms with E-state index >= 15 is 0 Å². The van der Waals surface area contributed by atoms with Gasteiger partial charge >= 0.3 is 12.1 Å². The highest BCUT2D eigenvalue weighted by Crippen LogP contribution is 2.39. The number of hydrogen-bond acceptors (Lipinski definition) is 4. The molecule has 154 valence electrons. The number of pyridine rings is 1. The molecule has 0 saturated carbocycles. The average Bonchev–Trinajstić information content (AvgIpc) is 2.97. The van der Waals surface area contributed by atoms with Gasteiger partial charge in [0.05, 0.1) is 5.56 Å². The van der Waals surface area contributed by atoms with Crippen molar-refractivity contribution in [2.24, 2.45) is 0 Å². The van der Waals surface area contributed by atoms with Crippen molar-refractivity contribution in [1.29, 1.82) is 0 Å². The number of aromatic nitrogens is 1. The molecule has 0 bridgehead atoms. The molecule has 2 amide bonds. The van der Waals surface area contributed by atoms with Crippen molar-refractivity contribution in [2.75, 3.05) is 19.6 Å². The molecule has 0 atom stereocenters. The van der Waals surface area contributed by atoms with E-state index in [1.165, 1.54) is 0 Å². The van der Waals surface area contributed by atoms with Crippen molar-refractivity contribution in [2.45, 2.75) is 44.3 Å². The Balaban J connectivity index is 0.000000345. The Kier molecular flexibility index (Phi) is 6.63. The highest BCUT2D eigenvalue weighted by Gasteiger charge is 2.46. The lowest BCUT2D eigenvalue weighted by Crippen LogP contribution is -2.54. The van der Waals surface area contributed by atoms with Crippen LogP contribution in [-0.4, -0.2) is 69.0 Å². The summed E-state index contributed by atoms with van der Waals surface area (Å²) in [6.45, 7) is 4.25. The molecule has 2 fully saturated rings. The SMILES string of the molecule is CCN1C(=O)CCC12CCN(C(=O)c1cccnc1)CC2.O=C(O)C(F)(F)F. The van der Waals surface area contributed by atoms with Gasteiger partial charge in [0.1, 0.15) is 0 Å². The first kappa shape index (κ1) is 21.6. The summed E-state index contributed by atoms with van der Waals surface area (Å²) >= 11 is 0. The summed E-state index contributed by atoms with van der Waals surface area (Å²) in [5, 5.41) is 7.12. The summed E-state index contributed by atoms with van der Waals surface area (Å²) in [5.41, 5.74) is 0.640. The molecule has 2 aliphatic rings. The third kappa shape index (κ3) is 4.79. The molecule has 28 heavy (non-hydrogen) atoms. The maximum Gasteiger partial charge on any atom is 0.490 e. The molecular weight excluding hydrogens is 379 g/mol. The number of halogens is 3. The van der Waals surface area contributed by atoms with E-state index in [9.17, 15) is 22.8 Å². The quantitative estimate of drug-likeness (QED) is 0.822. The molecule has 10 heteroatoms. The molecule has 2 aliphatic heterocycles. The highest BCUT2D eigenvalue weighted by molar-refractivity contribution is 5.94. The summed E-state index contributed by atoms with van der Waals surface area (Å²) in [5.74, 6) is -2.44. The van der Waals surface area contributed by atoms with E-state index in [1.807, 2.05) is 16.7 Å². The summed E-state index contributed by atoms with van der Waals surface area (Å²) < 4.78 is 31.7. The lowest BCUT2D eigenvalue weighted by Gasteiger charge is -2.44. The standard InChI is InChI=1S/C16H21N3O2.C2HF3O2/c1-2-19-14(20)5-6-16(19)7-10-18(11-8-16)15(21)13-4-3-9-17-12-13;3-2(4,5)1(6)7/h3-4,9,12H,2,5-8,10-11H2,1H3;(H,6,7). The van der Waals surface area contributed by atoms with Crippen molar-refractivity contribution in [3.63, 3.8) is 0 Å². The van der Waals surface area contributed by atoms with Gasteiger partial charge in [-0.2, -0.15) is 13.2 Å². The molecule has 0 radical (unpaired) electrons. The molecule has 0 aliphatic carbocycles. The average molecular weight is 401 g/mol. The lowest BCUT2D eigenvalue weighted by atomic mass is 9.85. The first-order valence-electron chi connectivity index (χ1n) is 8.90. The molecule has 7 nitrogen and oxygen atoms in total. The van der Waals surface area contributed by atoms with Crippen molar-refractivity contribution < 1.29 is 32.7 Å². The van der Waals surface area contributed by atoms with Crippen LogP contribution in [0.4, 0.5) is 13.2 Å². The number of piperidine rings is 1. The maximum atomic E-state index is 12.4. The molecule has 0 aromatic carbocycles. The van der Waals surface area contributed by atoms with Crippen molar-refractivity contribution in [3.8, 4) is 0 Å². The third-order valence-corrected chi connectivity index (χ3v) is 5.13. The molecule has 1 N–H and O–H groups in total. The molecule has 2 saturated heterocycles. The lowest BCUT2D eigenvalue weighted by molar-refractivity contribution is -0.192. The first-order chi connectivity index (χ1) is 13.1. The van der Waals surface area contributed by atoms with Gasteiger partial charge in [0.2, 0.25) is 5.91 Å². The van der Waals surface area contributed by atoms with Crippen LogP contribution in [0.25, 0.3) is 0 Å². The van der Waals surface area contributed by atoms with Crippen LogP contribution in [0.2, 0.25) is 0 Å². The molecule has 1 spiro atoms. The third-order valence-electron chi connectivity index (χ3n) is 5.13. The number of carbonyl (C=O) groups is 3. The zero-order valence-electron chi connectivity index (χ0n) is 15.4. The number of hydrogen-bond donors (Lipinski definition) is 1. The molecular formula is C18H22F3N3O4. The molecule has 1 aromatic rings. The van der Waals surface area contributed by atoms with Crippen molar-refractivity contribution in [3.05, 3.63) is 30.1 Å². The van der Waals surface area contributed by atoms with E-state index in [4.69, 9.17) is 9.90 Å².